The van der Waals surface area contributed by atoms with Crippen LogP contribution in [0.5, 0.6) is 0 Å². The molecule has 0 fully saturated rings. The van der Waals surface area contributed by atoms with Crippen LogP contribution in [0.1, 0.15) is 0 Å². The van der Waals surface area contributed by atoms with Gasteiger partial charge in [0.25, 0.3) is 5.69 Å². The van der Waals surface area contributed by atoms with E-state index in [2.05, 4.69) is 5.28 Å². The Morgan fingerprint density at radius 2 is 1.73 bits per heavy atom. The zero-order valence-corrected chi connectivity index (χ0v) is 8.29. The number of nitrogens with zero attached hydrogens (tertiary/aromatic N) is 2. The molecule has 5 N–H and O–H groups in total. The first-order chi connectivity index (χ1) is 6.83. The van der Waals surface area contributed by atoms with Crippen LogP contribution in [0, 0.1) is 5.21 Å². The lowest BCUT2D eigenvalue weighted by Crippen LogP contribution is -1.91. The van der Waals surface area contributed by atoms with Gasteiger partial charge in [-0.15, -0.1) is 0 Å². The van der Waals surface area contributed by atoms with Gasteiger partial charge in [-0.05, 0) is 16.3 Å². The van der Waals surface area contributed by atoms with Gasteiger partial charge in [-0.2, -0.15) is 0 Å². The summed E-state index contributed by atoms with van der Waals surface area (Å²) in [5.41, 5.74) is 0.339. The van der Waals surface area contributed by atoms with Gasteiger partial charge in [0.1, 0.15) is 0 Å². The molecule has 0 atom stereocenters. The maximum Gasteiger partial charge on any atom is 0.256 e. The van der Waals surface area contributed by atoms with Crippen molar-refractivity contribution in [2.75, 3.05) is 0 Å². The first kappa shape index (κ1) is 10.9. The maximum absolute atomic E-state index is 11.1. The minimum atomic E-state index is 0. The summed E-state index contributed by atoms with van der Waals surface area (Å²) < 4.78 is 0. The van der Waals surface area contributed by atoms with Crippen LogP contribution in [-0.4, -0.2) is 10.1 Å². The monoisotopic (exact) mass is 206 g/mol. The lowest BCUT2D eigenvalue weighted by molar-refractivity contribution is -0.472. The van der Waals surface area contributed by atoms with E-state index in [9.17, 15) is 5.21 Å². The van der Waals surface area contributed by atoms with E-state index in [1.54, 1.807) is 18.2 Å². The van der Waals surface area contributed by atoms with Crippen molar-refractivity contribution in [3.63, 3.8) is 0 Å². The van der Waals surface area contributed by atoms with Gasteiger partial charge in [0.2, 0.25) is 5.28 Å². The molecule has 2 aromatic carbocycles. The summed E-state index contributed by atoms with van der Waals surface area (Å²) in [7, 11) is 0. The smallest absolute Gasteiger partial charge is 0.256 e. The highest BCUT2D eigenvalue weighted by Crippen LogP contribution is 2.24. The van der Waals surface area contributed by atoms with E-state index < -0.39 is 0 Å². The molecule has 5 nitrogen and oxygen atoms in total. The molecule has 0 aliphatic carbocycles. The highest BCUT2D eigenvalue weighted by Gasteiger charge is 2.08. The first-order valence-corrected chi connectivity index (χ1v) is 4.13. The molecule has 0 aromatic heterocycles. The molecule has 5 heteroatoms. The second kappa shape index (κ2) is 4.39. The van der Waals surface area contributed by atoms with Gasteiger partial charge in [0.05, 0.1) is 5.39 Å². The highest BCUT2D eigenvalue weighted by atomic mass is 16.6. The summed E-state index contributed by atoms with van der Waals surface area (Å²) in [6.07, 6.45) is 0. The average Bonchev–Trinajstić information content (AvgIpc) is 2.27. The van der Waals surface area contributed by atoms with Crippen molar-refractivity contribution in [1.29, 1.82) is 0 Å². The third-order valence-corrected chi connectivity index (χ3v) is 2.05. The highest BCUT2D eigenvalue weighted by molar-refractivity contribution is 5.90. The molecule has 0 unspecified atom stereocenters. The predicted octanol–water partition coefficient (Wildman–Crippen LogP) is 3.20. The molecule has 0 saturated heterocycles. The van der Waals surface area contributed by atoms with Crippen LogP contribution >= 0.6 is 0 Å². The third-order valence-electron chi connectivity index (χ3n) is 2.05. The van der Waals surface area contributed by atoms with Crippen LogP contribution in [-0.2, 0) is 0 Å². The Morgan fingerprint density at radius 1 is 1.07 bits per heavy atom. The predicted molar refractivity (Wildman–Crippen MR) is 57.4 cm³/mol. The van der Waals surface area contributed by atoms with Crippen molar-refractivity contribution in [2.45, 2.75) is 0 Å². The fourth-order valence-electron chi connectivity index (χ4n) is 1.42. The van der Waals surface area contributed by atoms with Gasteiger partial charge in [0.15, 0.2) is 0 Å². The van der Waals surface area contributed by atoms with E-state index in [-0.39, 0.29) is 11.0 Å². The Morgan fingerprint density at radius 3 is 2.47 bits per heavy atom. The third kappa shape index (κ3) is 1.87. The van der Waals surface area contributed by atoms with E-state index in [4.69, 9.17) is 5.21 Å². The van der Waals surface area contributed by atoms with E-state index in [1.807, 2.05) is 24.3 Å². The van der Waals surface area contributed by atoms with Gasteiger partial charge in [-0.25, -0.2) is 0 Å². The molecule has 15 heavy (non-hydrogen) atoms. The standard InChI is InChI=1S/C10H8N2O2.H3N/c13-11-12(14)10-7-3-5-8-4-1-2-6-9(8)10;/h1-7,13H;1H3/p+1/b12-11-;. The second-order valence-corrected chi connectivity index (χ2v) is 2.86. The molecule has 78 valence electrons. The van der Waals surface area contributed by atoms with Crippen LogP contribution in [0.2, 0.25) is 0 Å². The summed E-state index contributed by atoms with van der Waals surface area (Å²) >= 11 is 0. The Hall–Kier alpha value is -2.14. The molecule has 0 heterocycles. The van der Waals surface area contributed by atoms with Gasteiger partial charge < -0.3 is 16.6 Å². The van der Waals surface area contributed by atoms with E-state index >= 15 is 0 Å². The van der Waals surface area contributed by atoms with Gasteiger partial charge in [-0.3, -0.25) is 0 Å². The van der Waals surface area contributed by atoms with Crippen LogP contribution in [0.4, 0.5) is 5.69 Å². The molecular formula is C10H12N3O2+. The van der Waals surface area contributed by atoms with Crippen molar-refractivity contribution < 1.29 is 10.1 Å². The topological polar surface area (TPSA) is 95.2 Å². The average molecular weight is 206 g/mol. The van der Waals surface area contributed by atoms with E-state index in [0.29, 0.717) is 5.69 Å². The summed E-state index contributed by atoms with van der Waals surface area (Å²) in [6, 6.07) is 12.7. The number of quaternary nitrogens is 1. The zero-order chi connectivity index (χ0) is 9.97. The minimum absolute atomic E-state index is 0. The lowest BCUT2D eigenvalue weighted by atomic mass is 10.1. The summed E-state index contributed by atoms with van der Waals surface area (Å²) in [4.78, 5) is 0.197. The summed E-state index contributed by atoms with van der Waals surface area (Å²) in [6.45, 7) is 0. The molecule has 2 aromatic rings. The number of hydrogen-bond acceptors (Lipinski definition) is 2. The Balaban J connectivity index is 0.00000112. The number of hydrogen-bond donors (Lipinski definition) is 2. The molecule has 0 radical (unpaired) electrons. The minimum Gasteiger partial charge on any atom is -0.592 e. The van der Waals surface area contributed by atoms with Gasteiger partial charge in [0, 0.05) is 6.07 Å². The summed E-state index contributed by atoms with van der Waals surface area (Å²) in [5.74, 6) is 0. The fraction of sp³-hybridized carbons (Fsp3) is 0. The quantitative estimate of drug-likeness (QED) is 0.425. The first-order valence-electron chi connectivity index (χ1n) is 4.13. The van der Waals surface area contributed by atoms with Crippen molar-refractivity contribution in [2.24, 2.45) is 5.28 Å². The summed E-state index contributed by atoms with van der Waals surface area (Å²) in [5, 5.41) is 23.8. The molecule has 0 spiro atoms. The molecule has 0 saturated carbocycles. The molecule has 0 amide bonds. The molecule has 2 rings (SSSR count). The van der Waals surface area contributed by atoms with Crippen molar-refractivity contribution in [3.8, 4) is 0 Å². The molecule has 0 bridgehead atoms. The van der Waals surface area contributed by atoms with Crippen molar-refractivity contribution in [3.05, 3.63) is 47.7 Å². The lowest BCUT2D eigenvalue weighted by Gasteiger charge is -2.01. The number of benzene rings is 2. The fourth-order valence-corrected chi connectivity index (χ4v) is 1.42. The van der Waals surface area contributed by atoms with Crippen LogP contribution in [0.25, 0.3) is 10.8 Å². The van der Waals surface area contributed by atoms with Crippen molar-refractivity contribution in [1.82, 2.24) is 6.15 Å². The van der Waals surface area contributed by atoms with Crippen LogP contribution in [0.15, 0.2) is 47.7 Å². The Bertz CT molecular complexity index is 491. The van der Waals surface area contributed by atoms with Gasteiger partial charge >= 0.3 is 0 Å². The second-order valence-electron chi connectivity index (χ2n) is 2.86. The normalized spacial score (nSPS) is 11.1. The number of fused-ring (bicyclic) bond motifs is 1. The Labute approximate surface area is 86.4 Å². The maximum atomic E-state index is 11.1. The molecule has 0 aliphatic heterocycles. The molecule has 0 aliphatic rings. The number of rotatable bonds is 1. The van der Waals surface area contributed by atoms with E-state index in [1.165, 1.54) is 0 Å². The zero-order valence-electron chi connectivity index (χ0n) is 8.29. The largest absolute Gasteiger partial charge is 0.592 e. The van der Waals surface area contributed by atoms with Crippen LogP contribution < -0.4 is 6.15 Å². The van der Waals surface area contributed by atoms with E-state index in [0.717, 1.165) is 10.8 Å². The van der Waals surface area contributed by atoms with Crippen molar-refractivity contribution >= 4 is 16.5 Å². The van der Waals surface area contributed by atoms with Crippen LogP contribution in [0.3, 0.4) is 0 Å². The molecular weight excluding hydrogens is 194 g/mol. The SMILES string of the molecule is [NH4+].[O-]/[N+](=N\O)c1cccc2ccccc12. The Kier molecular flexibility index (Phi) is 3.20. The van der Waals surface area contributed by atoms with Gasteiger partial charge in [-0.1, -0.05) is 30.3 Å².